The fraction of sp³-hybridized carbons (Fsp3) is 0.714. The molecule has 0 aromatic carbocycles. The van der Waals surface area contributed by atoms with Crippen LogP contribution in [0.3, 0.4) is 0 Å². The van der Waals surface area contributed by atoms with Gasteiger partial charge in [0.15, 0.2) is 0 Å². The van der Waals surface area contributed by atoms with Crippen molar-refractivity contribution in [2.24, 2.45) is 0 Å². The molecule has 3 amide bonds. The average Bonchev–Trinajstić information content (AvgIpc) is 2.03. The standard InChI is InChI=1S/C7H13N3O2/c1-9(2)7(12)10-4-3-8-6(11)5-10/h3-5H2,1-2H3,(H,8,11). The Hall–Kier alpha value is -1.26. The van der Waals surface area contributed by atoms with Gasteiger partial charge in [0, 0.05) is 27.2 Å². The lowest BCUT2D eigenvalue weighted by atomic mass is 10.4. The molecule has 68 valence electrons. The van der Waals surface area contributed by atoms with Gasteiger partial charge >= 0.3 is 6.03 Å². The Balaban J connectivity index is 2.51. The molecule has 0 atom stereocenters. The van der Waals surface area contributed by atoms with Crippen molar-refractivity contribution in [3.63, 3.8) is 0 Å². The maximum absolute atomic E-state index is 11.3. The lowest BCUT2D eigenvalue weighted by molar-refractivity contribution is -0.123. The maximum Gasteiger partial charge on any atom is 0.320 e. The number of piperazine rings is 1. The Morgan fingerprint density at radius 3 is 2.75 bits per heavy atom. The highest BCUT2D eigenvalue weighted by molar-refractivity contribution is 5.84. The van der Waals surface area contributed by atoms with E-state index in [-0.39, 0.29) is 18.5 Å². The molecule has 1 aliphatic heterocycles. The molecule has 1 heterocycles. The van der Waals surface area contributed by atoms with E-state index in [0.29, 0.717) is 13.1 Å². The number of nitrogens with one attached hydrogen (secondary N) is 1. The summed E-state index contributed by atoms with van der Waals surface area (Å²) in [6.07, 6.45) is 0. The van der Waals surface area contributed by atoms with E-state index in [9.17, 15) is 9.59 Å². The van der Waals surface area contributed by atoms with Crippen LogP contribution in [0, 0.1) is 0 Å². The van der Waals surface area contributed by atoms with E-state index in [1.54, 1.807) is 14.1 Å². The summed E-state index contributed by atoms with van der Waals surface area (Å²) in [5, 5.41) is 2.65. The second-order valence-corrected chi connectivity index (χ2v) is 2.95. The minimum Gasteiger partial charge on any atom is -0.353 e. The van der Waals surface area contributed by atoms with Gasteiger partial charge in [0.25, 0.3) is 0 Å². The quantitative estimate of drug-likeness (QED) is 0.513. The predicted molar refractivity (Wildman–Crippen MR) is 43.7 cm³/mol. The third-order valence-corrected chi connectivity index (χ3v) is 1.69. The van der Waals surface area contributed by atoms with Gasteiger partial charge in [0.1, 0.15) is 6.54 Å². The van der Waals surface area contributed by atoms with Gasteiger partial charge in [0.05, 0.1) is 0 Å². The topological polar surface area (TPSA) is 52.7 Å². The molecule has 1 aliphatic rings. The van der Waals surface area contributed by atoms with Gasteiger partial charge in [-0.2, -0.15) is 0 Å². The zero-order valence-corrected chi connectivity index (χ0v) is 7.33. The number of amides is 3. The Kier molecular flexibility index (Phi) is 2.52. The minimum atomic E-state index is -0.107. The van der Waals surface area contributed by atoms with Gasteiger partial charge in [-0.3, -0.25) is 4.79 Å². The third kappa shape index (κ3) is 1.87. The summed E-state index contributed by atoms with van der Waals surface area (Å²) in [7, 11) is 3.35. The highest BCUT2D eigenvalue weighted by Gasteiger charge is 2.21. The molecule has 0 aromatic heterocycles. The van der Waals surface area contributed by atoms with Crippen LogP contribution in [0.5, 0.6) is 0 Å². The number of carbonyl (C=O) groups is 2. The number of nitrogens with zero attached hydrogens (tertiary/aromatic N) is 2. The molecule has 1 N–H and O–H groups in total. The van der Waals surface area contributed by atoms with Crippen molar-refractivity contribution in [1.29, 1.82) is 0 Å². The van der Waals surface area contributed by atoms with Crippen molar-refractivity contribution in [2.45, 2.75) is 0 Å². The van der Waals surface area contributed by atoms with Crippen molar-refractivity contribution in [1.82, 2.24) is 15.1 Å². The number of hydrogen-bond acceptors (Lipinski definition) is 2. The highest BCUT2D eigenvalue weighted by atomic mass is 16.2. The number of rotatable bonds is 0. The van der Waals surface area contributed by atoms with Crippen molar-refractivity contribution in [2.75, 3.05) is 33.7 Å². The fourth-order valence-corrected chi connectivity index (χ4v) is 1.08. The van der Waals surface area contributed by atoms with Crippen LogP contribution >= 0.6 is 0 Å². The first-order valence-electron chi connectivity index (χ1n) is 3.84. The predicted octanol–water partition coefficient (Wildman–Crippen LogP) is -0.900. The van der Waals surface area contributed by atoms with Crippen LogP contribution < -0.4 is 5.32 Å². The van der Waals surface area contributed by atoms with Crippen LogP contribution in [0.4, 0.5) is 4.79 Å². The van der Waals surface area contributed by atoms with E-state index < -0.39 is 0 Å². The first-order valence-corrected chi connectivity index (χ1v) is 3.84. The summed E-state index contributed by atoms with van der Waals surface area (Å²) in [5.41, 5.74) is 0. The van der Waals surface area contributed by atoms with Crippen molar-refractivity contribution in [3.8, 4) is 0 Å². The average molecular weight is 171 g/mol. The molecule has 5 nitrogen and oxygen atoms in total. The summed E-state index contributed by atoms with van der Waals surface area (Å²) in [6.45, 7) is 1.33. The second kappa shape index (κ2) is 3.42. The number of carbonyl (C=O) groups excluding carboxylic acids is 2. The van der Waals surface area contributed by atoms with Crippen LogP contribution in [0.1, 0.15) is 0 Å². The molecule has 1 fully saturated rings. The molecule has 0 bridgehead atoms. The molecule has 1 rings (SSSR count). The van der Waals surface area contributed by atoms with Crippen LogP contribution in [-0.4, -0.2) is 55.5 Å². The molecule has 0 radical (unpaired) electrons. The fourth-order valence-electron chi connectivity index (χ4n) is 1.08. The van der Waals surface area contributed by atoms with Gasteiger partial charge in [-0.25, -0.2) is 4.79 Å². The lowest BCUT2D eigenvalue weighted by Crippen LogP contribution is -2.52. The molecule has 0 unspecified atom stereocenters. The molecule has 0 spiro atoms. The van der Waals surface area contributed by atoms with Gasteiger partial charge in [-0.1, -0.05) is 0 Å². The summed E-state index contributed by atoms with van der Waals surface area (Å²) < 4.78 is 0. The third-order valence-electron chi connectivity index (χ3n) is 1.69. The van der Waals surface area contributed by atoms with Crippen molar-refractivity contribution >= 4 is 11.9 Å². The Bertz CT molecular complexity index is 203. The van der Waals surface area contributed by atoms with Crippen LogP contribution in [-0.2, 0) is 4.79 Å². The highest BCUT2D eigenvalue weighted by Crippen LogP contribution is 1.97. The zero-order valence-electron chi connectivity index (χ0n) is 7.33. The van der Waals surface area contributed by atoms with E-state index in [0.717, 1.165) is 0 Å². The molecule has 0 saturated carbocycles. The lowest BCUT2D eigenvalue weighted by Gasteiger charge is -2.28. The van der Waals surface area contributed by atoms with E-state index in [1.165, 1.54) is 9.80 Å². The van der Waals surface area contributed by atoms with Crippen LogP contribution in [0.2, 0.25) is 0 Å². The summed E-state index contributed by atoms with van der Waals surface area (Å²) in [5.74, 6) is -0.0866. The second-order valence-electron chi connectivity index (χ2n) is 2.95. The zero-order chi connectivity index (χ0) is 9.14. The molecular weight excluding hydrogens is 158 g/mol. The van der Waals surface area contributed by atoms with Gasteiger partial charge < -0.3 is 15.1 Å². The smallest absolute Gasteiger partial charge is 0.320 e. The van der Waals surface area contributed by atoms with E-state index in [2.05, 4.69) is 5.32 Å². The molecular formula is C7H13N3O2. The van der Waals surface area contributed by atoms with Crippen LogP contribution in [0.25, 0.3) is 0 Å². The summed E-state index contributed by atoms with van der Waals surface area (Å²) in [4.78, 5) is 25.2. The minimum absolute atomic E-state index is 0.0866. The van der Waals surface area contributed by atoms with E-state index in [4.69, 9.17) is 0 Å². The Labute approximate surface area is 71.3 Å². The van der Waals surface area contributed by atoms with Gasteiger partial charge in [-0.15, -0.1) is 0 Å². The first-order chi connectivity index (χ1) is 5.61. The normalized spacial score (nSPS) is 17.2. The van der Waals surface area contributed by atoms with Gasteiger partial charge in [0.2, 0.25) is 5.91 Å². The maximum atomic E-state index is 11.3. The SMILES string of the molecule is CN(C)C(=O)N1CCNC(=O)C1. The molecule has 5 heteroatoms. The van der Waals surface area contributed by atoms with E-state index >= 15 is 0 Å². The number of hydrogen-bond donors (Lipinski definition) is 1. The Morgan fingerprint density at radius 2 is 2.25 bits per heavy atom. The molecule has 0 aromatic rings. The van der Waals surface area contributed by atoms with Gasteiger partial charge in [-0.05, 0) is 0 Å². The number of urea groups is 1. The summed E-state index contributed by atoms with van der Waals surface area (Å²) in [6, 6.07) is -0.107. The molecule has 0 aliphatic carbocycles. The van der Waals surface area contributed by atoms with Crippen molar-refractivity contribution in [3.05, 3.63) is 0 Å². The van der Waals surface area contributed by atoms with Crippen LogP contribution in [0.15, 0.2) is 0 Å². The summed E-state index contributed by atoms with van der Waals surface area (Å²) >= 11 is 0. The first kappa shape index (κ1) is 8.83. The molecule has 12 heavy (non-hydrogen) atoms. The van der Waals surface area contributed by atoms with E-state index in [1.807, 2.05) is 0 Å². The largest absolute Gasteiger partial charge is 0.353 e. The molecule has 1 saturated heterocycles. The monoisotopic (exact) mass is 171 g/mol. The Morgan fingerprint density at radius 1 is 1.58 bits per heavy atom. The van der Waals surface area contributed by atoms with Crippen molar-refractivity contribution < 1.29 is 9.59 Å².